The molecule has 0 saturated heterocycles. The van der Waals surface area contributed by atoms with Gasteiger partial charge in [0.1, 0.15) is 0 Å². The zero-order valence-electron chi connectivity index (χ0n) is 11.9. The number of carbonyl (C=O) groups is 1. The van der Waals surface area contributed by atoms with Crippen LogP contribution in [0.5, 0.6) is 0 Å². The molecule has 0 unspecified atom stereocenters. The first kappa shape index (κ1) is 16.4. The third kappa shape index (κ3) is 6.64. The average Bonchev–Trinajstić information content (AvgIpc) is 2.24. The maximum atomic E-state index is 11.8. The number of rotatable bonds is 7. The molecule has 0 aliphatic carbocycles. The maximum absolute atomic E-state index is 11.8. The molecule has 0 aliphatic heterocycles. The van der Waals surface area contributed by atoms with Gasteiger partial charge in [0, 0.05) is 18.5 Å². The highest BCUT2D eigenvalue weighted by molar-refractivity contribution is 5.77. The van der Waals surface area contributed by atoms with Gasteiger partial charge >= 0.3 is 0 Å². The first-order chi connectivity index (χ1) is 7.78. The van der Waals surface area contributed by atoms with E-state index in [2.05, 4.69) is 31.4 Å². The molecule has 17 heavy (non-hydrogen) atoms. The number of aliphatic hydroxyl groups is 1. The zero-order chi connectivity index (χ0) is 13.5. The summed E-state index contributed by atoms with van der Waals surface area (Å²) < 4.78 is 0. The van der Waals surface area contributed by atoms with Crippen molar-refractivity contribution in [1.82, 2.24) is 10.6 Å². The molecule has 0 rings (SSSR count). The molecule has 0 saturated carbocycles. The number of nitrogens with one attached hydrogen (secondary N) is 2. The van der Waals surface area contributed by atoms with E-state index in [9.17, 15) is 9.90 Å². The van der Waals surface area contributed by atoms with Gasteiger partial charge in [0.05, 0.1) is 12.1 Å². The molecule has 0 aromatic rings. The Morgan fingerprint density at radius 2 is 1.71 bits per heavy atom. The van der Waals surface area contributed by atoms with Gasteiger partial charge in [-0.05, 0) is 33.6 Å². The summed E-state index contributed by atoms with van der Waals surface area (Å²) in [6, 6.07) is 0. The molecule has 4 heteroatoms. The van der Waals surface area contributed by atoms with E-state index in [0.717, 1.165) is 12.8 Å². The molecule has 4 nitrogen and oxygen atoms in total. The van der Waals surface area contributed by atoms with Gasteiger partial charge in [-0.1, -0.05) is 13.8 Å². The Balaban J connectivity index is 4.08. The maximum Gasteiger partial charge on any atom is 0.221 e. The molecule has 0 radical (unpaired) electrons. The van der Waals surface area contributed by atoms with E-state index in [4.69, 9.17) is 0 Å². The first-order valence-electron chi connectivity index (χ1n) is 6.45. The molecule has 0 heterocycles. The number of hydrogen-bond donors (Lipinski definition) is 3. The van der Waals surface area contributed by atoms with Crippen LogP contribution in [0.4, 0.5) is 0 Å². The summed E-state index contributed by atoms with van der Waals surface area (Å²) in [5.74, 6) is -0.000463. The number of hydrogen-bond acceptors (Lipinski definition) is 3. The van der Waals surface area contributed by atoms with E-state index in [-0.39, 0.29) is 18.1 Å². The summed E-state index contributed by atoms with van der Waals surface area (Å²) in [4.78, 5) is 11.8. The van der Waals surface area contributed by atoms with Crippen LogP contribution in [0.1, 0.15) is 53.9 Å². The molecule has 0 fully saturated rings. The molecule has 0 bridgehead atoms. The lowest BCUT2D eigenvalue weighted by Crippen LogP contribution is -2.51. The second kappa shape index (κ2) is 6.97. The van der Waals surface area contributed by atoms with E-state index in [1.165, 1.54) is 0 Å². The number of carbonyl (C=O) groups excluding carboxylic acids is 1. The van der Waals surface area contributed by atoms with E-state index >= 15 is 0 Å². The fourth-order valence-corrected chi connectivity index (χ4v) is 1.60. The normalized spacial score (nSPS) is 12.6. The van der Waals surface area contributed by atoms with Crippen molar-refractivity contribution in [2.24, 2.45) is 0 Å². The van der Waals surface area contributed by atoms with Crippen LogP contribution >= 0.6 is 0 Å². The van der Waals surface area contributed by atoms with Crippen LogP contribution < -0.4 is 10.6 Å². The molecule has 102 valence electrons. The van der Waals surface area contributed by atoms with Crippen molar-refractivity contribution < 1.29 is 9.90 Å². The zero-order valence-corrected chi connectivity index (χ0v) is 11.9. The van der Waals surface area contributed by atoms with E-state index in [0.29, 0.717) is 13.0 Å². The Kier molecular flexibility index (Phi) is 6.72. The molecule has 0 aromatic carbocycles. The van der Waals surface area contributed by atoms with Crippen molar-refractivity contribution in [2.45, 2.75) is 65.0 Å². The summed E-state index contributed by atoms with van der Waals surface area (Å²) in [6.45, 7) is 10.8. The van der Waals surface area contributed by atoms with Gasteiger partial charge in [0.15, 0.2) is 0 Å². The molecular formula is C13H28N2O2. The van der Waals surface area contributed by atoms with Crippen LogP contribution in [-0.2, 0) is 4.79 Å². The lowest BCUT2D eigenvalue weighted by atomic mass is 9.93. The van der Waals surface area contributed by atoms with E-state index < -0.39 is 5.54 Å². The standard InChI is InChI=1S/C13H28N2O2/c1-6-13(7-2,10-16)15-11(17)8-9-14-12(3,4)5/h14,16H,6-10H2,1-5H3,(H,15,17). The van der Waals surface area contributed by atoms with Crippen molar-refractivity contribution in [3.05, 3.63) is 0 Å². The summed E-state index contributed by atoms with van der Waals surface area (Å²) in [5.41, 5.74) is -0.414. The average molecular weight is 244 g/mol. The van der Waals surface area contributed by atoms with Gasteiger partial charge in [0.2, 0.25) is 5.91 Å². The largest absolute Gasteiger partial charge is 0.394 e. The third-order valence-corrected chi connectivity index (χ3v) is 3.07. The van der Waals surface area contributed by atoms with Gasteiger partial charge in [-0.15, -0.1) is 0 Å². The highest BCUT2D eigenvalue weighted by Crippen LogP contribution is 2.14. The van der Waals surface area contributed by atoms with Gasteiger partial charge in [-0.2, -0.15) is 0 Å². The van der Waals surface area contributed by atoms with Gasteiger partial charge in [-0.3, -0.25) is 4.79 Å². The minimum Gasteiger partial charge on any atom is -0.394 e. The van der Waals surface area contributed by atoms with E-state index in [1.54, 1.807) is 0 Å². The third-order valence-electron chi connectivity index (χ3n) is 3.07. The summed E-state index contributed by atoms with van der Waals surface area (Å²) in [6.07, 6.45) is 1.94. The lowest BCUT2D eigenvalue weighted by molar-refractivity contribution is -0.123. The van der Waals surface area contributed by atoms with Crippen molar-refractivity contribution >= 4 is 5.91 Å². The lowest BCUT2D eigenvalue weighted by Gasteiger charge is -2.31. The summed E-state index contributed by atoms with van der Waals surface area (Å²) >= 11 is 0. The monoisotopic (exact) mass is 244 g/mol. The second-order valence-electron chi connectivity index (χ2n) is 5.62. The molecule has 3 N–H and O–H groups in total. The molecule has 0 aromatic heterocycles. The fourth-order valence-electron chi connectivity index (χ4n) is 1.60. The predicted molar refractivity (Wildman–Crippen MR) is 70.9 cm³/mol. The Morgan fingerprint density at radius 1 is 1.18 bits per heavy atom. The summed E-state index contributed by atoms with van der Waals surface area (Å²) in [7, 11) is 0. The SMILES string of the molecule is CCC(CC)(CO)NC(=O)CCNC(C)(C)C. The highest BCUT2D eigenvalue weighted by atomic mass is 16.3. The van der Waals surface area contributed by atoms with Crippen LogP contribution in [0.2, 0.25) is 0 Å². The molecule has 0 spiro atoms. The Bertz CT molecular complexity index is 222. The van der Waals surface area contributed by atoms with Gasteiger partial charge in [-0.25, -0.2) is 0 Å². The quantitative estimate of drug-likeness (QED) is 0.635. The number of amides is 1. The highest BCUT2D eigenvalue weighted by Gasteiger charge is 2.26. The number of aliphatic hydroxyl groups excluding tert-OH is 1. The molecular weight excluding hydrogens is 216 g/mol. The summed E-state index contributed by atoms with van der Waals surface area (Å²) in [5, 5.41) is 15.6. The van der Waals surface area contributed by atoms with Crippen molar-refractivity contribution in [2.75, 3.05) is 13.2 Å². The van der Waals surface area contributed by atoms with Crippen LogP contribution in [0, 0.1) is 0 Å². The minimum absolute atomic E-state index is 0.000463. The van der Waals surface area contributed by atoms with Gasteiger partial charge < -0.3 is 15.7 Å². The Labute approximate surface area is 105 Å². The van der Waals surface area contributed by atoms with Crippen LogP contribution in [0.25, 0.3) is 0 Å². The minimum atomic E-state index is -0.446. The second-order valence-corrected chi connectivity index (χ2v) is 5.62. The molecule has 1 amide bonds. The Morgan fingerprint density at radius 3 is 2.06 bits per heavy atom. The smallest absolute Gasteiger partial charge is 0.221 e. The van der Waals surface area contributed by atoms with Crippen molar-refractivity contribution in [1.29, 1.82) is 0 Å². The van der Waals surface area contributed by atoms with Crippen LogP contribution in [0.3, 0.4) is 0 Å². The molecule has 0 aliphatic rings. The van der Waals surface area contributed by atoms with Crippen molar-refractivity contribution in [3.8, 4) is 0 Å². The van der Waals surface area contributed by atoms with Crippen LogP contribution in [0.15, 0.2) is 0 Å². The van der Waals surface area contributed by atoms with Crippen LogP contribution in [-0.4, -0.2) is 35.2 Å². The fraction of sp³-hybridized carbons (Fsp3) is 0.923. The van der Waals surface area contributed by atoms with Crippen molar-refractivity contribution in [3.63, 3.8) is 0 Å². The Hall–Kier alpha value is -0.610. The predicted octanol–water partition coefficient (Wildman–Crippen LogP) is 1.43. The molecule has 0 atom stereocenters. The van der Waals surface area contributed by atoms with Gasteiger partial charge in [0.25, 0.3) is 0 Å². The van der Waals surface area contributed by atoms with E-state index in [1.807, 2.05) is 13.8 Å². The topological polar surface area (TPSA) is 61.4 Å². The first-order valence-corrected chi connectivity index (χ1v) is 6.45.